The molecule has 2 aromatic heterocycles. The molecule has 1 saturated heterocycles. The molecule has 1 aliphatic rings. The Morgan fingerprint density at radius 3 is 2.38 bits per heavy atom. The average Bonchev–Trinajstić information content (AvgIpc) is 3.21. The molecule has 182 valence electrons. The highest BCUT2D eigenvalue weighted by atomic mass is 19.4. The Labute approximate surface area is 196 Å². The number of amides is 1. The highest BCUT2D eigenvalue weighted by Gasteiger charge is 2.33. The van der Waals surface area contributed by atoms with Gasteiger partial charge in [0.2, 0.25) is 0 Å². The summed E-state index contributed by atoms with van der Waals surface area (Å²) in [6, 6.07) is 10.0. The summed E-state index contributed by atoms with van der Waals surface area (Å²) in [6.45, 7) is 9.02. The van der Waals surface area contributed by atoms with E-state index in [0.29, 0.717) is 36.7 Å². The molecule has 3 aromatic rings. The van der Waals surface area contributed by atoms with Crippen LogP contribution in [-0.4, -0.2) is 44.6 Å². The number of benzene rings is 1. The standard InChI is InChI=1S/C25H29F3N4O2/c1-16(34-20-10-7-18(8-11-20)24(2,3)4)23(33)31-13-5-6-17(14-31)22-30-29-21-12-9-19(15-32(21)22)25(26,27)28/h7-12,15-17H,5-6,13-14H2,1-4H3. The van der Waals surface area contributed by atoms with Crippen LogP contribution in [0.3, 0.4) is 0 Å². The zero-order valence-electron chi connectivity index (χ0n) is 19.8. The lowest BCUT2D eigenvalue weighted by Gasteiger charge is -2.33. The van der Waals surface area contributed by atoms with Gasteiger partial charge in [-0.1, -0.05) is 32.9 Å². The lowest BCUT2D eigenvalue weighted by molar-refractivity contribution is -0.139. The number of carbonyl (C=O) groups is 1. The largest absolute Gasteiger partial charge is 0.481 e. The monoisotopic (exact) mass is 474 g/mol. The highest BCUT2D eigenvalue weighted by Crippen LogP contribution is 2.32. The van der Waals surface area contributed by atoms with Gasteiger partial charge in [-0.3, -0.25) is 9.20 Å². The fourth-order valence-corrected chi connectivity index (χ4v) is 4.29. The predicted molar refractivity (Wildman–Crippen MR) is 122 cm³/mol. The highest BCUT2D eigenvalue weighted by molar-refractivity contribution is 5.81. The molecule has 1 fully saturated rings. The Hall–Kier alpha value is -3.10. The van der Waals surface area contributed by atoms with Gasteiger partial charge in [0.25, 0.3) is 5.91 Å². The van der Waals surface area contributed by atoms with Crippen molar-refractivity contribution in [3.63, 3.8) is 0 Å². The van der Waals surface area contributed by atoms with Gasteiger partial charge in [0.1, 0.15) is 11.6 Å². The molecule has 0 bridgehead atoms. The Morgan fingerprint density at radius 1 is 1.06 bits per heavy atom. The second-order valence-electron chi connectivity index (χ2n) is 9.86. The van der Waals surface area contributed by atoms with Crippen LogP contribution in [0.1, 0.15) is 63.4 Å². The molecule has 0 aliphatic carbocycles. The number of hydrogen-bond donors (Lipinski definition) is 0. The van der Waals surface area contributed by atoms with E-state index < -0.39 is 17.8 Å². The van der Waals surface area contributed by atoms with E-state index in [2.05, 4.69) is 31.0 Å². The number of hydrogen-bond acceptors (Lipinski definition) is 4. The summed E-state index contributed by atoms with van der Waals surface area (Å²) in [4.78, 5) is 14.8. The first kappa shape index (κ1) is 24.0. The molecule has 0 saturated carbocycles. The predicted octanol–water partition coefficient (Wildman–Crippen LogP) is 5.22. The first-order chi connectivity index (χ1) is 15.9. The Kier molecular flexibility index (Phi) is 6.31. The van der Waals surface area contributed by atoms with E-state index in [4.69, 9.17) is 4.74 Å². The zero-order valence-corrected chi connectivity index (χ0v) is 19.8. The number of carbonyl (C=O) groups excluding carboxylic acids is 1. The third kappa shape index (κ3) is 5.03. The Morgan fingerprint density at radius 2 is 1.74 bits per heavy atom. The van der Waals surface area contributed by atoms with Gasteiger partial charge in [-0.2, -0.15) is 13.2 Å². The SMILES string of the molecule is CC(Oc1ccc(C(C)(C)C)cc1)C(=O)N1CCCC(c2nnc3ccc(C(F)(F)F)cn23)C1. The topological polar surface area (TPSA) is 59.7 Å². The summed E-state index contributed by atoms with van der Waals surface area (Å²) in [6.07, 6.45) is -2.69. The van der Waals surface area contributed by atoms with E-state index in [-0.39, 0.29) is 17.2 Å². The van der Waals surface area contributed by atoms with Gasteiger partial charge in [-0.05, 0) is 55.0 Å². The number of aromatic nitrogens is 3. The van der Waals surface area contributed by atoms with Crippen LogP contribution in [-0.2, 0) is 16.4 Å². The van der Waals surface area contributed by atoms with Crippen molar-refractivity contribution in [2.24, 2.45) is 0 Å². The van der Waals surface area contributed by atoms with E-state index >= 15 is 0 Å². The van der Waals surface area contributed by atoms with Gasteiger partial charge in [-0.15, -0.1) is 10.2 Å². The number of likely N-dealkylation sites (tertiary alicyclic amines) is 1. The van der Waals surface area contributed by atoms with Gasteiger partial charge in [0.15, 0.2) is 11.8 Å². The molecule has 1 aliphatic heterocycles. The molecule has 6 nitrogen and oxygen atoms in total. The average molecular weight is 475 g/mol. The van der Waals surface area contributed by atoms with Gasteiger partial charge in [0, 0.05) is 25.2 Å². The molecular weight excluding hydrogens is 445 g/mol. The number of pyridine rings is 1. The number of alkyl halides is 3. The van der Waals surface area contributed by atoms with Crippen molar-refractivity contribution in [3.05, 3.63) is 59.5 Å². The fraction of sp³-hybridized carbons (Fsp3) is 0.480. The van der Waals surface area contributed by atoms with Gasteiger partial charge in [-0.25, -0.2) is 0 Å². The third-order valence-electron chi connectivity index (χ3n) is 6.24. The molecule has 4 rings (SSSR count). The number of halogens is 3. The van der Waals surface area contributed by atoms with Crippen molar-refractivity contribution in [2.45, 2.75) is 64.1 Å². The molecule has 0 spiro atoms. The summed E-state index contributed by atoms with van der Waals surface area (Å²) in [5.74, 6) is 0.680. The van der Waals surface area contributed by atoms with Crippen LogP contribution in [0.25, 0.3) is 5.65 Å². The minimum Gasteiger partial charge on any atom is -0.481 e. The molecule has 9 heteroatoms. The second kappa shape index (κ2) is 8.92. The maximum Gasteiger partial charge on any atom is 0.417 e. The molecule has 2 unspecified atom stereocenters. The van der Waals surface area contributed by atoms with Gasteiger partial charge >= 0.3 is 6.18 Å². The number of nitrogens with zero attached hydrogens (tertiary/aromatic N) is 4. The third-order valence-corrected chi connectivity index (χ3v) is 6.24. The minimum atomic E-state index is -4.46. The van der Waals surface area contributed by atoms with Crippen LogP contribution in [0.2, 0.25) is 0 Å². The van der Waals surface area contributed by atoms with Crippen molar-refractivity contribution in [3.8, 4) is 5.75 Å². The summed E-state index contributed by atoms with van der Waals surface area (Å²) in [7, 11) is 0. The Balaban J connectivity index is 1.47. The first-order valence-corrected chi connectivity index (χ1v) is 11.4. The second-order valence-corrected chi connectivity index (χ2v) is 9.86. The van der Waals surface area contributed by atoms with Crippen molar-refractivity contribution >= 4 is 11.6 Å². The van der Waals surface area contributed by atoms with Crippen molar-refractivity contribution in [1.82, 2.24) is 19.5 Å². The van der Waals surface area contributed by atoms with Crippen molar-refractivity contribution in [1.29, 1.82) is 0 Å². The molecule has 0 radical (unpaired) electrons. The lowest BCUT2D eigenvalue weighted by atomic mass is 9.87. The number of rotatable bonds is 4. The molecule has 3 heterocycles. The summed E-state index contributed by atoms with van der Waals surface area (Å²) in [5, 5.41) is 8.17. The van der Waals surface area contributed by atoms with E-state index in [1.54, 1.807) is 11.8 Å². The Bertz CT molecular complexity index is 1170. The van der Waals surface area contributed by atoms with Crippen LogP contribution in [0.4, 0.5) is 13.2 Å². The molecular formula is C25H29F3N4O2. The number of ether oxygens (including phenoxy) is 1. The van der Waals surface area contributed by atoms with Gasteiger partial charge in [0.05, 0.1) is 5.56 Å². The number of fused-ring (bicyclic) bond motifs is 1. The van der Waals surface area contributed by atoms with E-state index in [1.807, 2.05) is 24.3 Å². The van der Waals surface area contributed by atoms with Gasteiger partial charge < -0.3 is 9.64 Å². The molecule has 0 N–H and O–H groups in total. The molecule has 34 heavy (non-hydrogen) atoms. The molecule has 1 amide bonds. The summed E-state index contributed by atoms with van der Waals surface area (Å²) < 4.78 is 46.9. The van der Waals surface area contributed by atoms with Crippen LogP contribution in [0.5, 0.6) is 5.75 Å². The quantitative estimate of drug-likeness (QED) is 0.520. The normalized spacial score (nSPS) is 18.2. The van der Waals surface area contributed by atoms with E-state index in [1.165, 1.54) is 16.0 Å². The maximum absolute atomic E-state index is 13.2. The summed E-state index contributed by atoms with van der Waals surface area (Å²) in [5.41, 5.74) is 0.785. The zero-order chi connectivity index (χ0) is 24.7. The summed E-state index contributed by atoms with van der Waals surface area (Å²) >= 11 is 0. The van der Waals surface area contributed by atoms with E-state index in [9.17, 15) is 18.0 Å². The first-order valence-electron chi connectivity index (χ1n) is 11.4. The lowest BCUT2D eigenvalue weighted by Crippen LogP contribution is -2.45. The van der Waals surface area contributed by atoms with Crippen LogP contribution < -0.4 is 4.74 Å². The van der Waals surface area contributed by atoms with Crippen LogP contribution in [0, 0.1) is 0 Å². The van der Waals surface area contributed by atoms with Crippen LogP contribution >= 0.6 is 0 Å². The van der Waals surface area contributed by atoms with Crippen LogP contribution in [0.15, 0.2) is 42.6 Å². The fourth-order valence-electron chi connectivity index (χ4n) is 4.29. The van der Waals surface area contributed by atoms with E-state index in [0.717, 1.165) is 18.7 Å². The molecule has 2 atom stereocenters. The smallest absolute Gasteiger partial charge is 0.417 e. The number of piperidine rings is 1. The molecule has 1 aromatic carbocycles. The van der Waals surface area contributed by atoms with Crippen molar-refractivity contribution < 1.29 is 22.7 Å². The maximum atomic E-state index is 13.2. The van der Waals surface area contributed by atoms with Crippen molar-refractivity contribution in [2.75, 3.05) is 13.1 Å². The minimum absolute atomic E-state index is 0.0233.